The van der Waals surface area contributed by atoms with E-state index < -0.39 is 0 Å². The van der Waals surface area contributed by atoms with Gasteiger partial charge in [-0.1, -0.05) is 30.3 Å². The van der Waals surface area contributed by atoms with Crippen molar-refractivity contribution in [3.8, 4) is 0 Å². The highest BCUT2D eigenvalue weighted by atomic mass is 15.1. The number of hydrogen-bond donors (Lipinski definition) is 2. The van der Waals surface area contributed by atoms with Gasteiger partial charge in [0.05, 0.1) is 0 Å². The van der Waals surface area contributed by atoms with E-state index in [1.165, 1.54) is 0 Å². The molecule has 3 heteroatoms. The average molecular weight is 147 g/mol. The van der Waals surface area contributed by atoms with Gasteiger partial charge < -0.3 is 11.3 Å². The monoisotopic (exact) mass is 147 g/mol. The van der Waals surface area contributed by atoms with Crippen LogP contribution in [0.25, 0.3) is 0 Å². The zero-order valence-corrected chi connectivity index (χ0v) is 5.99. The quantitative estimate of drug-likeness (QED) is 0.366. The van der Waals surface area contributed by atoms with Crippen LogP contribution in [-0.4, -0.2) is 11.9 Å². The number of benzene rings is 1. The largest absolute Gasteiger partial charge is 0.323 e. The Balaban J connectivity index is 3.01. The van der Waals surface area contributed by atoms with Crippen molar-refractivity contribution >= 4 is 11.9 Å². The molecule has 0 heterocycles. The molecule has 1 aromatic rings. The Morgan fingerprint density at radius 2 is 2.00 bits per heavy atom. The lowest BCUT2D eigenvalue weighted by Gasteiger charge is -1.95. The normalized spacial score (nSPS) is 11.1. The van der Waals surface area contributed by atoms with Crippen LogP contribution in [-0.2, 0) is 0 Å². The maximum Gasteiger partial charge on any atom is 0.107 e. The Morgan fingerprint density at radius 3 is 2.45 bits per heavy atom. The van der Waals surface area contributed by atoms with Gasteiger partial charge >= 0.3 is 0 Å². The smallest absolute Gasteiger partial charge is 0.107 e. The lowest BCUT2D eigenvalue weighted by atomic mass is 10.1. The minimum atomic E-state index is 0.491. The van der Waals surface area contributed by atoms with Crippen LogP contribution in [0, 0.1) is 5.41 Å². The first kappa shape index (κ1) is 7.47. The van der Waals surface area contributed by atoms with E-state index in [2.05, 4.69) is 5.10 Å². The number of hydrazone groups is 1. The van der Waals surface area contributed by atoms with Crippen molar-refractivity contribution in [1.29, 1.82) is 5.41 Å². The predicted octanol–water partition coefficient (Wildman–Crippen LogP) is 0.999. The Bertz CT molecular complexity index is 264. The first-order chi connectivity index (χ1) is 5.38. The van der Waals surface area contributed by atoms with Crippen molar-refractivity contribution in [3.05, 3.63) is 35.9 Å². The highest BCUT2D eigenvalue weighted by Crippen LogP contribution is 1.98. The van der Waals surface area contributed by atoms with E-state index in [4.69, 9.17) is 11.3 Å². The summed E-state index contributed by atoms with van der Waals surface area (Å²) in [6, 6.07) is 9.38. The zero-order valence-electron chi connectivity index (χ0n) is 5.99. The highest BCUT2D eigenvalue weighted by molar-refractivity contribution is 6.37. The minimum Gasteiger partial charge on any atom is -0.323 e. The third-order valence-electron chi connectivity index (χ3n) is 1.35. The topological polar surface area (TPSA) is 62.2 Å². The predicted molar refractivity (Wildman–Crippen MR) is 46.0 cm³/mol. The molecule has 0 bridgehead atoms. The van der Waals surface area contributed by atoms with Crippen LogP contribution in [0.15, 0.2) is 35.4 Å². The molecule has 0 aliphatic rings. The second-order valence-electron chi connectivity index (χ2n) is 2.02. The Kier molecular flexibility index (Phi) is 2.38. The van der Waals surface area contributed by atoms with Gasteiger partial charge in [-0.05, 0) is 0 Å². The SMILES string of the molecule is N=C/C(=N/N)c1ccccc1. The number of nitrogens with zero attached hydrogens (tertiary/aromatic N) is 1. The van der Waals surface area contributed by atoms with Gasteiger partial charge in [-0.3, -0.25) is 0 Å². The molecule has 0 amide bonds. The van der Waals surface area contributed by atoms with Crippen molar-refractivity contribution in [3.63, 3.8) is 0 Å². The molecule has 11 heavy (non-hydrogen) atoms. The molecule has 0 atom stereocenters. The molecule has 0 aliphatic carbocycles. The van der Waals surface area contributed by atoms with Crippen LogP contribution in [0.4, 0.5) is 0 Å². The van der Waals surface area contributed by atoms with Gasteiger partial charge in [0.15, 0.2) is 0 Å². The van der Waals surface area contributed by atoms with Crippen molar-refractivity contribution in [2.24, 2.45) is 10.9 Å². The maximum absolute atomic E-state index is 6.96. The van der Waals surface area contributed by atoms with Crippen LogP contribution in [0.1, 0.15) is 5.56 Å². The molecule has 0 unspecified atom stereocenters. The highest BCUT2D eigenvalue weighted by Gasteiger charge is 1.95. The summed E-state index contributed by atoms with van der Waals surface area (Å²) in [6.45, 7) is 0. The molecular weight excluding hydrogens is 138 g/mol. The second-order valence-corrected chi connectivity index (χ2v) is 2.02. The molecule has 0 saturated heterocycles. The Hall–Kier alpha value is -1.64. The molecular formula is C8H9N3. The summed E-state index contributed by atoms with van der Waals surface area (Å²) in [7, 11) is 0. The van der Waals surface area contributed by atoms with Gasteiger partial charge in [0, 0.05) is 11.8 Å². The molecule has 3 N–H and O–H groups in total. The van der Waals surface area contributed by atoms with E-state index >= 15 is 0 Å². The summed E-state index contributed by atoms with van der Waals surface area (Å²) in [5.74, 6) is 5.05. The van der Waals surface area contributed by atoms with E-state index in [0.717, 1.165) is 11.8 Å². The number of nitrogens with two attached hydrogens (primary N) is 1. The third-order valence-corrected chi connectivity index (χ3v) is 1.35. The van der Waals surface area contributed by atoms with E-state index in [0.29, 0.717) is 5.71 Å². The molecule has 1 aromatic carbocycles. The van der Waals surface area contributed by atoms with Crippen LogP contribution >= 0.6 is 0 Å². The summed E-state index contributed by atoms with van der Waals surface area (Å²) in [5, 5.41) is 10.4. The Labute approximate surface area is 65.1 Å². The van der Waals surface area contributed by atoms with E-state index in [1.54, 1.807) is 0 Å². The zero-order chi connectivity index (χ0) is 8.10. The number of hydrogen-bond acceptors (Lipinski definition) is 3. The van der Waals surface area contributed by atoms with Gasteiger partial charge in [-0.25, -0.2) is 0 Å². The van der Waals surface area contributed by atoms with Gasteiger partial charge in [0.25, 0.3) is 0 Å². The molecule has 0 spiro atoms. The molecule has 3 nitrogen and oxygen atoms in total. The fourth-order valence-electron chi connectivity index (χ4n) is 0.804. The van der Waals surface area contributed by atoms with Crippen LogP contribution in [0.2, 0.25) is 0 Å². The lowest BCUT2D eigenvalue weighted by Crippen LogP contribution is -2.04. The maximum atomic E-state index is 6.96. The second kappa shape index (κ2) is 3.51. The third kappa shape index (κ3) is 1.64. The summed E-state index contributed by atoms with van der Waals surface area (Å²) in [5.41, 5.74) is 1.36. The summed E-state index contributed by atoms with van der Waals surface area (Å²) < 4.78 is 0. The molecule has 56 valence electrons. The fourth-order valence-corrected chi connectivity index (χ4v) is 0.804. The van der Waals surface area contributed by atoms with E-state index in [9.17, 15) is 0 Å². The van der Waals surface area contributed by atoms with Crippen LogP contribution in [0.5, 0.6) is 0 Å². The first-order valence-corrected chi connectivity index (χ1v) is 3.22. The number of rotatable bonds is 2. The van der Waals surface area contributed by atoms with Crippen molar-refractivity contribution in [2.45, 2.75) is 0 Å². The van der Waals surface area contributed by atoms with Crippen molar-refractivity contribution < 1.29 is 0 Å². The standard InChI is InChI=1S/C8H9N3/c9-6-8(11-10)7-4-2-1-3-5-7/h1-6,9H,10H2/b9-6?,11-8-. The van der Waals surface area contributed by atoms with E-state index in [-0.39, 0.29) is 0 Å². The van der Waals surface area contributed by atoms with Crippen LogP contribution < -0.4 is 5.84 Å². The summed E-state index contributed by atoms with van der Waals surface area (Å²) >= 11 is 0. The summed E-state index contributed by atoms with van der Waals surface area (Å²) in [4.78, 5) is 0. The molecule has 0 fully saturated rings. The number of nitrogens with one attached hydrogen (secondary N) is 1. The molecule has 0 saturated carbocycles. The molecule has 1 rings (SSSR count). The molecule has 0 aromatic heterocycles. The van der Waals surface area contributed by atoms with E-state index in [1.807, 2.05) is 30.3 Å². The average Bonchev–Trinajstić information content (AvgIpc) is 2.09. The van der Waals surface area contributed by atoms with Gasteiger partial charge in [-0.15, -0.1) is 0 Å². The lowest BCUT2D eigenvalue weighted by molar-refractivity contribution is 1.25. The van der Waals surface area contributed by atoms with Gasteiger partial charge in [0.2, 0.25) is 0 Å². The molecule has 0 radical (unpaired) electrons. The fraction of sp³-hybridized carbons (Fsp3) is 0. The van der Waals surface area contributed by atoms with Crippen LogP contribution in [0.3, 0.4) is 0 Å². The molecule has 0 aliphatic heterocycles. The summed E-state index contributed by atoms with van der Waals surface area (Å²) in [6.07, 6.45) is 1.13. The van der Waals surface area contributed by atoms with Gasteiger partial charge in [0.1, 0.15) is 5.71 Å². The van der Waals surface area contributed by atoms with Gasteiger partial charge in [-0.2, -0.15) is 5.10 Å². The minimum absolute atomic E-state index is 0.491. The first-order valence-electron chi connectivity index (χ1n) is 3.22. The van der Waals surface area contributed by atoms with Crippen molar-refractivity contribution in [2.75, 3.05) is 0 Å². The van der Waals surface area contributed by atoms with Crippen molar-refractivity contribution in [1.82, 2.24) is 0 Å². The Morgan fingerprint density at radius 1 is 1.36 bits per heavy atom.